The van der Waals surface area contributed by atoms with Crippen LogP contribution in [-0.2, 0) is 17.9 Å². The van der Waals surface area contributed by atoms with Gasteiger partial charge in [0.2, 0.25) is 5.91 Å². The molecule has 1 aromatic carbocycles. The molecule has 1 heterocycles. The molecule has 3 amide bonds. The molecule has 0 spiro atoms. The van der Waals surface area contributed by atoms with Crippen LogP contribution < -0.4 is 15.8 Å². The Bertz CT molecular complexity index is 763. The van der Waals surface area contributed by atoms with Crippen molar-refractivity contribution in [2.75, 3.05) is 5.75 Å². The van der Waals surface area contributed by atoms with Gasteiger partial charge in [0.1, 0.15) is 12.4 Å². The van der Waals surface area contributed by atoms with Gasteiger partial charge in [-0.1, -0.05) is 29.4 Å². The number of nitrogens with one attached hydrogen (secondary N) is 1. The zero-order valence-corrected chi connectivity index (χ0v) is 14.7. The van der Waals surface area contributed by atoms with Crippen LogP contribution in [-0.4, -0.2) is 32.5 Å². The molecule has 0 atom stereocenters. The van der Waals surface area contributed by atoms with Gasteiger partial charge in [0.15, 0.2) is 11.0 Å². The second-order valence-corrected chi connectivity index (χ2v) is 6.12. The lowest BCUT2D eigenvalue weighted by Crippen LogP contribution is -2.36. The van der Waals surface area contributed by atoms with E-state index in [1.165, 1.54) is 0 Å². The SMILES string of the molecule is C=CCn1c(COc2ccc(Cl)cc2)nnc1SCC(=O)NC(N)=O. The first-order chi connectivity index (χ1) is 12.0. The number of imide groups is 1. The number of carbonyl (C=O) groups excluding carboxylic acids is 2. The summed E-state index contributed by atoms with van der Waals surface area (Å²) in [6.07, 6.45) is 1.68. The van der Waals surface area contributed by atoms with Crippen molar-refractivity contribution in [3.63, 3.8) is 0 Å². The maximum Gasteiger partial charge on any atom is 0.318 e. The van der Waals surface area contributed by atoms with E-state index in [0.29, 0.717) is 28.3 Å². The van der Waals surface area contributed by atoms with Crippen LogP contribution in [0.15, 0.2) is 42.1 Å². The third kappa shape index (κ3) is 5.80. The summed E-state index contributed by atoms with van der Waals surface area (Å²) in [7, 11) is 0. The van der Waals surface area contributed by atoms with Crippen molar-refractivity contribution < 1.29 is 14.3 Å². The number of aromatic nitrogens is 3. The summed E-state index contributed by atoms with van der Waals surface area (Å²) >= 11 is 6.96. The molecule has 8 nitrogen and oxygen atoms in total. The molecular weight excluding hydrogens is 366 g/mol. The first-order valence-corrected chi connectivity index (χ1v) is 8.49. The van der Waals surface area contributed by atoms with Gasteiger partial charge in [0, 0.05) is 11.6 Å². The normalized spacial score (nSPS) is 10.3. The Labute approximate surface area is 153 Å². The van der Waals surface area contributed by atoms with Crippen LogP contribution in [0, 0.1) is 0 Å². The zero-order valence-electron chi connectivity index (χ0n) is 13.1. The number of hydrogen-bond acceptors (Lipinski definition) is 6. The van der Waals surface area contributed by atoms with E-state index in [1.807, 2.05) is 5.32 Å². The third-order valence-electron chi connectivity index (χ3n) is 2.88. The van der Waals surface area contributed by atoms with E-state index in [2.05, 4.69) is 16.8 Å². The van der Waals surface area contributed by atoms with E-state index in [-0.39, 0.29) is 12.4 Å². The first-order valence-electron chi connectivity index (χ1n) is 7.13. The van der Waals surface area contributed by atoms with Crippen molar-refractivity contribution >= 4 is 35.3 Å². The van der Waals surface area contributed by atoms with E-state index in [0.717, 1.165) is 11.8 Å². The smallest absolute Gasteiger partial charge is 0.318 e. The Kier molecular flexibility index (Phi) is 6.84. The highest BCUT2D eigenvalue weighted by molar-refractivity contribution is 7.99. The van der Waals surface area contributed by atoms with Gasteiger partial charge in [-0.25, -0.2) is 4.79 Å². The predicted octanol–water partition coefficient (Wildman–Crippen LogP) is 1.98. The fourth-order valence-electron chi connectivity index (χ4n) is 1.83. The fraction of sp³-hybridized carbons (Fsp3) is 0.200. The van der Waals surface area contributed by atoms with Crippen molar-refractivity contribution in [1.82, 2.24) is 20.1 Å². The number of thioether (sulfide) groups is 1. The van der Waals surface area contributed by atoms with Gasteiger partial charge in [0.25, 0.3) is 0 Å². The minimum atomic E-state index is -0.893. The van der Waals surface area contributed by atoms with Crippen LogP contribution in [0.2, 0.25) is 5.02 Å². The van der Waals surface area contributed by atoms with Gasteiger partial charge >= 0.3 is 6.03 Å². The molecule has 0 aliphatic carbocycles. The first kappa shape index (κ1) is 18.8. The minimum absolute atomic E-state index is 0.0176. The molecule has 0 radical (unpaired) electrons. The van der Waals surface area contributed by atoms with E-state index in [9.17, 15) is 9.59 Å². The van der Waals surface area contributed by atoms with Crippen molar-refractivity contribution in [3.8, 4) is 5.75 Å². The highest BCUT2D eigenvalue weighted by Crippen LogP contribution is 2.20. The van der Waals surface area contributed by atoms with Gasteiger partial charge in [-0.3, -0.25) is 14.7 Å². The summed E-state index contributed by atoms with van der Waals surface area (Å²) < 4.78 is 7.43. The summed E-state index contributed by atoms with van der Waals surface area (Å²) in [5.41, 5.74) is 4.90. The van der Waals surface area contributed by atoms with E-state index in [1.54, 1.807) is 34.9 Å². The lowest BCUT2D eigenvalue weighted by Gasteiger charge is -2.09. The van der Waals surface area contributed by atoms with Crippen LogP contribution in [0.3, 0.4) is 0 Å². The highest BCUT2D eigenvalue weighted by Gasteiger charge is 2.14. The Morgan fingerprint density at radius 3 is 2.72 bits per heavy atom. The number of primary amides is 1. The number of rotatable bonds is 8. The number of ether oxygens (including phenoxy) is 1. The summed E-state index contributed by atoms with van der Waals surface area (Å²) in [6.45, 7) is 4.34. The molecule has 0 fully saturated rings. The number of amides is 3. The monoisotopic (exact) mass is 381 g/mol. The van der Waals surface area contributed by atoms with E-state index in [4.69, 9.17) is 22.1 Å². The van der Waals surface area contributed by atoms with Crippen LogP contribution in [0.1, 0.15) is 5.82 Å². The Balaban J connectivity index is 2.02. The number of hydrogen-bond donors (Lipinski definition) is 2. The maximum absolute atomic E-state index is 11.5. The molecule has 25 heavy (non-hydrogen) atoms. The van der Waals surface area contributed by atoms with Crippen LogP contribution in [0.4, 0.5) is 4.79 Å². The summed E-state index contributed by atoms with van der Waals surface area (Å²) in [5, 5.41) is 11.2. The molecule has 0 bridgehead atoms. The van der Waals surface area contributed by atoms with E-state index < -0.39 is 11.9 Å². The molecule has 3 N–H and O–H groups in total. The van der Waals surface area contributed by atoms with Crippen molar-refractivity contribution in [1.29, 1.82) is 0 Å². The lowest BCUT2D eigenvalue weighted by atomic mass is 10.3. The molecule has 2 rings (SSSR count). The number of carbonyl (C=O) groups is 2. The fourth-order valence-corrected chi connectivity index (χ4v) is 2.72. The molecule has 0 aliphatic rings. The molecule has 0 saturated heterocycles. The summed E-state index contributed by atoms with van der Waals surface area (Å²) in [6, 6.07) is 6.06. The number of allylic oxidation sites excluding steroid dienone is 1. The standard InChI is InChI=1S/C15H16ClN5O3S/c1-2-7-21-12(8-24-11-5-3-10(16)4-6-11)19-20-15(21)25-9-13(22)18-14(17)23/h2-6H,1,7-9H2,(H3,17,18,22,23). The largest absolute Gasteiger partial charge is 0.486 e. The second kappa shape index (κ2) is 9.09. The number of halogens is 1. The van der Waals surface area contributed by atoms with Gasteiger partial charge < -0.3 is 10.5 Å². The molecule has 132 valence electrons. The molecule has 1 aromatic heterocycles. The number of nitrogens with two attached hydrogens (primary N) is 1. The highest BCUT2D eigenvalue weighted by atomic mass is 35.5. The summed E-state index contributed by atoms with van der Waals surface area (Å²) in [5.74, 6) is 0.695. The lowest BCUT2D eigenvalue weighted by molar-refractivity contribution is -0.117. The Morgan fingerprint density at radius 2 is 2.08 bits per heavy atom. The minimum Gasteiger partial charge on any atom is -0.486 e. The molecule has 0 aliphatic heterocycles. The molecule has 0 saturated carbocycles. The topological polar surface area (TPSA) is 112 Å². The third-order valence-corrected chi connectivity index (χ3v) is 4.10. The Hall–Kier alpha value is -2.52. The molecule has 10 heteroatoms. The van der Waals surface area contributed by atoms with E-state index >= 15 is 0 Å². The van der Waals surface area contributed by atoms with Crippen LogP contribution >= 0.6 is 23.4 Å². The van der Waals surface area contributed by atoms with Gasteiger partial charge in [-0.05, 0) is 24.3 Å². The summed E-state index contributed by atoms with van der Waals surface area (Å²) in [4.78, 5) is 22.1. The van der Waals surface area contributed by atoms with Gasteiger partial charge in [0.05, 0.1) is 5.75 Å². The van der Waals surface area contributed by atoms with Crippen molar-refractivity contribution in [3.05, 3.63) is 47.8 Å². The zero-order chi connectivity index (χ0) is 18.2. The number of nitrogens with zero attached hydrogens (tertiary/aromatic N) is 3. The van der Waals surface area contributed by atoms with Gasteiger partial charge in [-0.2, -0.15) is 0 Å². The second-order valence-electron chi connectivity index (χ2n) is 4.74. The van der Waals surface area contributed by atoms with Crippen LogP contribution in [0.25, 0.3) is 0 Å². The number of urea groups is 1. The predicted molar refractivity (Wildman–Crippen MR) is 94.5 cm³/mol. The number of benzene rings is 1. The molecule has 2 aromatic rings. The van der Waals surface area contributed by atoms with Crippen molar-refractivity contribution in [2.45, 2.75) is 18.3 Å². The average molecular weight is 382 g/mol. The van der Waals surface area contributed by atoms with Crippen LogP contribution in [0.5, 0.6) is 5.75 Å². The van der Waals surface area contributed by atoms with Gasteiger partial charge in [-0.15, -0.1) is 16.8 Å². The molecule has 0 unspecified atom stereocenters. The van der Waals surface area contributed by atoms with Crippen molar-refractivity contribution in [2.24, 2.45) is 5.73 Å². The quantitative estimate of drug-likeness (QED) is 0.534. The Morgan fingerprint density at radius 1 is 1.36 bits per heavy atom. The molecular formula is C15H16ClN5O3S. The average Bonchev–Trinajstić information content (AvgIpc) is 2.94. The maximum atomic E-state index is 11.5.